The van der Waals surface area contributed by atoms with Crippen LogP contribution >= 0.6 is 0 Å². The van der Waals surface area contributed by atoms with Crippen LogP contribution in [-0.2, 0) is 0 Å². The summed E-state index contributed by atoms with van der Waals surface area (Å²) in [6.07, 6.45) is 1.03. The second-order valence-electron chi connectivity index (χ2n) is 4.31. The third-order valence-corrected chi connectivity index (χ3v) is 2.97. The molecule has 3 nitrogen and oxygen atoms in total. The van der Waals surface area contributed by atoms with Gasteiger partial charge in [-0.3, -0.25) is 4.98 Å². The topological polar surface area (TPSA) is 46.3 Å². The van der Waals surface area contributed by atoms with Gasteiger partial charge in [0.2, 0.25) is 0 Å². The minimum Gasteiger partial charge on any atom is -0.463 e. The molecular weight excluding hydrogens is 226 g/mol. The molecule has 3 rings (SSSR count). The molecule has 18 heavy (non-hydrogen) atoms. The highest BCUT2D eigenvalue weighted by Gasteiger charge is 2.14. The van der Waals surface area contributed by atoms with Gasteiger partial charge in [-0.2, -0.15) is 0 Å². The van der Waals surface area contributed by atoms with E-state index < -0.39 is 6.10 Å². The number of hydrogen-bond acceptors (Lipinski definition) is 3. The SMILES string of the molecule is Cc1ccc(C(O)c2ccc3ncccc3c2)o1. The molecule has 0 radical (unpaired) electrons. The molecule has 0 saturated heterocycles. The normalized spacial score (nSPS) is 12.8. The molecule has 0 amide bonds. The second kappa shape index (κ2) is 4.27. The van der Waals surface area contributed by atoms with Gasteiger partial charge in [-0.15, -0.1) is 0 Å². The van der Waals surface area contributed by atoms with Gasteiger partial charge in [0, 0.05) is 11.6 Å². The van der Waals surface area contributed by atoms with Crippen molar-refractivity contribution < 1.29 is 9.52 Å². The van der Waals surface area contributed by atoms with E-state index in [-0.39, 0.29) is 0 Å². The van der Waals surface area contributed by atoms with Crippen LogP contribution in [0.25, 0.3) is 10.9 Å². The lowest BCUT2D eigenvalue weighted by Crippen LogP contribution is -1.97. The fourth-order valence-corrected chi connectivity index (χ4v) is 2.03. The Labute approximate surface area is 105 Å². The maximum Gasteiger partial charge on any atom is 0.137 e. The maximum absolute atomic E-state index is 10.3. The number of fused-ring (bicyclic) bond motifs is 1. The number of aromatic nitrogens is 1. The molecule has 0 spiro atoms. The highest BCUT2D eigenvalue weighted by Crippen LogP contribution is 2.25. The average molecular weight is 239 g/mol. The van der Waals surface area contributed by atoms with E-state index in [4.69, 9.17) is 4.42 Å². The molecule has 3 heteroatoms. The third kappa shape index (κ3) is 1.89. The lowest BCUT2D eigenvalue weighted by atomic mass is 10.0. The van der Waals surface area contributed by atoms with E-state index >= 15 is 0 Å². The first-order valence-electron chi connectivity index (χ1n) is 5.83. The van der Waals surface area contributed by atoms with Gasteiger partial charge in [-0.1, -0.05) is 12.1 Å². The molecule has 3 aromatic rings. The molecule has 1 atom stereocenters. The van der Waals surface area contributed by atoms with Crippen molar-refractivity contribution in [3.63, 3.8) is 0 Å². The molecule has 0 saturated carbocycles. The minimum atomic E-state index is -0.733. The number of aliphatic hydroxyl groups excluding tert-OH is 1. The molecule has 90 valence electrons. The number of nitrogens with zero attached hydrogens (tertiary/aromatic N) is 1. The Balaban J connectivity index is 2.03. The van der Waals surface area contributed by atoms with Gasteiger partial charge in [0.25, 0.3) is 0 Å². The van der Waals surface area contributed by atoms with Crippen LogP contribution in [0, 0.1) is 6.92 Å². The number of furan rings is 1. The van der Waals surface area contributed by atoms with Crippen molar-refractivity contribution in [1.82, 2.24) is 4.98 Å². The minimum absolute atomic E-state index is 0.566. The maximum atomic E-state index is 10.3. The summed E-state index contributed by atoms with van der Waals surface area (Å²) in [4.78, 5) is 4.25. The van der Waals surface area contributed by atoms with Crippen molar-refractivity contribution in [2.45, 2.75) is 13.0 Å². The smallest absolute Gasteiger partial charge is 0.137 e. The van der Waals surface area contributed by atoms with Gasteiger partial charge < -0.3 is 9.52 Å². The fraction of sp³-hybridized carbons (Fsp3) is 0.133. The Morgan fingerprint density at radius 2 is 2.06 bits per heavy atom. The van der Waals surface area contributed by atoms with Crippen LogP contribution in [0.1, 0.15) is 23.2 Å². The van der Waals surface area contributed by atoms with Crippen molar-refractivity contribution >= 4 is 10.9 Å². The summed E-state index contributed by atoms with van der Waals surface area (Å²) >= 11 is 0. The largest absolute Gasteiger partial charge is 0.463 e. The molecule has 2 aromatic heterocycles. The summed E-state index contributed by atoms with van der Waals surface area (Å²) in [5.41, 5.74) is 1.73. The number of aryl methyl sites for hydroxylation is 1. The predicted octanol–water partition coefficient (Wildman–Crippen LogP) is 3.22. The quantitative estimate of drug-likeness (QED) is 0.746. The molecule has 1 unspecified atom stereocenters. The molecule has 0 fully saturated rings. The van der Waals surface area contributed by atoms with E-state index in [0.717, 1.165) is 22.2 Å². The Hall–Kier alpha value is -2.13. The standard InChI is InChI=1S/C15H13NO2/c1-10-4-7-14(18-10)15(17)12-5-6-13-11(9-12)3-2-8-16-13/h2-9,15,17H,1H3. The Kier molecular flexibility index (Phi) is 2.61. The first kappa shape index (κ1) is 11.0. The summed E-state index contributed by atoms with van der Waals surface area (Å²) in [6.45, 7) is 1.86. The average Bonchev–Trinajstić information content (AvgIpc) is 2.84. The highest BCUT2D eigenvalue weighted by molar-refractivity contribution is 5.79. The van der Waals surface area contributed by atoms with E-state index in [0.29, 0.717) is 5.76 Å². The summed E-state index contributed by atoms with van der Waals surface area (Å²) in [5.74, 6) is 1.36. The van der Waals surface area contributed by atoms with Crippen LogP contribution in [0.2, 0.25) is 0 Å². The molecule has 2 heterocycles. The van der Waals surface area contributed by atoms with E-state index in [1.807, 2.05) is 43.3 Å². The molecule has 1 N–H and O–H groups in total. The Morgan fingerprint density at radius 1 is 1.17 bits per heavy atom. The van der Waals surface area contributed by atoms with Gasteiger partial charge in [0.1, 0.15) is 17.6 Å². The van der Waals surface area contributed by atoms with Crippen molar-refractivity contribution in [2.75, 3.05) is 0 Å². The first-order chi connectivity index (χ1) is 8.74. The lowest BCUT2D eigenvalue weighted by Gasteiger charge is -2.09. The molecule has 0 aliphatic heterocycles. The van der Waals surface area contributed by atoms with Gasteiger partial charge in [0.15, 0.2) is 0 Å². The second-order valence-corrected chi connectivity index (χ2v) is 4.31. The number of hydrogen-bond donors (Lipinski definition) is 1. The van der Waals surface area contributed by atoms with E-state index in [9.17, 15) is 5.11 Å². The number of aliphatic hydroxyl groups is 1. The van der Waals surface area contributed by atoms with Crippen LogP contribution in [0.4, 0.5) is 0 Å². The lowest BCUT2D eigenvalue weighted by molar-refractivity contribution is 0.188. The first-order valence-corrected chi connectivity index (χ1v) is 5.83. The zero-order chi connectivity index (χ0) is 12.5. The molecule has 0 bridgehead atoms. The van der Waals surface area contributed by atoms with E-state index in [1.165, 1.54) is 0 Å². The summed E-state index contributed by atoms with van der Waals surface area (Å²) < 4.78 is 5.45. The van der Waals surface area contributed by atoms with Gasteiger partial charge >= 0.3 is 0 Å². The zero-order valence-corrected chi connectivity index (χ0v) is 10.00. The highest BCUT2D eigenvalue weighted by atomic mass is 16.4. The van der Waals surface area contributed by atoms with Crippen LogP contribution in [0.15, 0.2) is 53.1 Å². The Bertz CT molecular complexity index is 688. The monoisotopic (exact) mass is 239 g/mol. The van der Waals surface area contributed by atoms with Crippen molar-refractivity contribution in [2.24, 2.45) is 0 Å². The van der Waals surface area contributed by atoms with Crippen LogP contribution in [-0.4, -0.2) is 10.1 Å². The van der Waals surface area contributed by atoms with E-state index in [1.54, 1.807) is 12.3 Å². The molecule has 0 aliphatic carbocycles. The van der Waals surface area contributed by atoms with Crippen molar-refractivity contribution in [1.29, 1.82) is 0 Å². The summed E-state index contributed by atoms with van der Waals surface area (Å²) in [5, 5.41) is 11.3. The molecule has 1 aromatic carbocycles. The predicted molar refractivity (Wildman–Crippen MR) is 69.2 cm³/mol. The van der Waals surface area contributed by atoms with Crippen LogP contribution in [0.3, 0.4) is 0 Å². The zero-order valence-electron chi connectivity index (χ0n) is 10.00. The number of benzene rings is 1. The van der Waals surface area contributed by atoms with Crippen molar-refractivity contribution in [3.05, 3.63) is 65.7 Å². The fourth-order valence-electron chi connectivity index (χ4n) is 2.03. The molecule has 0 aliphatic rings. The van der Waals surface area contributed by atoms with E-state index in [2.05, 4.69) is 4.98 Å². The Morgan fingerprint density at radius 3 is 2.83 bits per heavy atom. The summed E-state index contributed by atoms with van der Waals surface area (Å²) in [6, 6.07) is 13.2. The summed E-state index contributed by atoms with van der Waals surface area (Å²) in [7, 11) is 0. The van der Waals surface area contributed by atoms with Crippen LogP contribution in [0.5, 0.6) is 0 Å². The molecular formula is C15H13NO2. The van der Waals surface area contributed by atoms with Crippen LogP contribution < -0.4 is 0 Å². The third-order valence-electron chi connectivity index (χ3n) is 2.97. The van der Waals surface area contributed by atoms with Gasteiger partial charge in [0.05, 0.1) is 5.52 Å². The van der Waals surface area contributed by atoms with Crippen molar-refractivity contribution in [3.8, 4) is 0 Å². The van der Waals surface area contributed by atoms with Gasteiger partial charge in [-0.25, -0.2) is 0 Å². The van der Waals surface area contributed by atoms with Gasteiger partial charge in [-0.05, 0) is 42.8 Å². The number of pyridine rings is 1. The number of rotatable bonds is 2.